The third kappa shape index (κ3) is 4.55. The van der Waals surface area contributed by atoms with Crippen molar-refractivity contribution in [2.75, 3.05) is 26.7 Å². The molecule has 1 aromatic carbocycles. The van der Waals surface area contributed by atoms with Gasteiger partial charge in [-0.05, 0) is 44.4 Å². The van der Waals surface area contributed by atoms with Gasteiger partial charge in [-0.15, -0.1) is 0 Å². The van der Waals surface area contributed by atoms with E-state index < -0.39 is 17.3 Å². The third-order valence-corrected chi connectivity index (χ3v) is 5.20. The Balaban J connectivity index is 2.02. The molecule has 0 radical (unpaired) electrons. The first-order chi connectivity index (χ1) is 12.1. The standard InChI is InChI=1S/C19H25ClN2O4/c1-19(2,14-6-8-15(20)9-7-14)18(26)21(3)12-16(23)22-10-4-5-13(11-22)17(24)25/h6-9,13H,4-5,10-12H2,1-3H3,(H,24,25). The lowest BCUT2D eigenvalue weighted by Crippen LogP contribution is -2.49. The average Bonchev–Trinajstić information content (AvgIpc) is 2.61. The van der Waals surface area contributed by atoms with Crippen molar-refractivity contribution in [1.82, 2.24) is 9.80 Å². The van der Waals surface area contributed by atoms with Crippen molar-refractivity contribution in [3.63, 3.8) is 0 Å². The largest absolute Gasteiger partial charge is 0.481 e. The minimum Gasteiger partial charge on any atom is -0.481 e. The van der Waals surface area contributed by atoms with Gasteiger partial charge in [0.05, 0.1) is 17.9 Å². The van der Waals surface area contributed by atoms with Crippen LogP contribution in [0.4, 0.5) is 0 Å². The van der Waals surface area contributed by atoms with Crippen LogP contribution in [0.15, 0.2) is 24.3 Å². The molecule has 0 spiro atoms. The summed E-state index contributed by atoms with van der Waals surface area (Å²) in [6, 6.07) is 7.07. The third-order valence-electron chi connectivity index (χ3n) is 4.94. The van der Waals surface area contributed by atoms with Crippen LogP contribution in [-0.2, 0) is 19.8 Å². The summed E-state index contributed by atoms with van der Waals surface area (Å²) in [4.78, 5) is 39.5. The molecule has 1 heterocycles. The highest BCUT2D eigenvalue weighted by Gasteiger charge is 2.34. The molecule has 1 N–H and O–H groups in total. The Kier molecular flexibility index (Phi) is 6.29. The van der Waals surface area contributed by atoms with Crippen LogP contribution in [0.2, 0.25) is 5.02 Å². The van der Waals surface area contributed by atoms with Gasteiger partial charge in [0.2, 0.25) is 11.8 Å². The predicted octanol–water partition coefficient (Wildman–Crippen LogP) is 2.40. The highest BCUT2D eigenvalue weighted by molar-refractivity contribution is 6.30. The number of halogens is 1. The molecule has 7 heteroatoms. The maximum absolute atomic E-state index is 12.9. The van der Waals surface area contributed by atoms with Crippen LogP contribution in [-0.4, -0.2) is 59.4 Å². The lowest BCUT2D eigenvalue weighted by Gasteiger charge is -2.34. The molecular formula is C19H25ClN2O4. The van der Waals surface area contributed by atoms with Gasteiger partial charge in [0.25, 0.3) is 0 Å². The Bertz CT molecular complexity index is 687. The van der Waals surface area contributed by atoms with Gasteiger partial charge in [0, 0.05) is 25.2 Å². The number of carboxylic acids is 1. The highest BCUT2D eigenvalue weighted by atomic mass is 35.5. The van der Waals surface area contributed by atoms with E-state index in [1.54, 1.807) is 50.1 Å². The van der Waals surface area contributed by atoms with Gasteiger partial charge in [0.15, 0.2) is 0 Å². The molecule has 0 saturated carbocycles. The maximum Gasteiger partial charge on any atom is 0.308 e. The molecule has 1 aliphatic rings. The van der Waals surface area contributed by atoms with E-state index in [0.29, 0.717) is 24.4 Å². The van der Waals surface area contributed by atoms with Crippen molar-refractivity contribution in [3.05, 3.63) is 34.9 Å². The summed E-state index contributed by atoms with van der Waals surface area (Å²) in [5.41, 5.74) is 0.0144. The highest BCUT2D eigenvalue weighted by Crippen LogP contribution is 2.27. The second-order valence-electron chi connectivity index (χ2n) is 7.31. The molecule has 1 saturated heterocycles. The molecule has 6 nitrogen and oxygen atoms in total. The zero-order valence-corrected chi connectivity index (χ0v) is 16.1. The Morgan fingerprint density at radius 1 is 1.27 bits per heavy atom. The molecular weight excluding hydrogens is 356 g/mol. The molecule has 1 atom stereocenters. The van der Waals surface area contributed by atoms with E-state index in [-0.39, 0.29) is 24.9 Å². The minimum absolute atomic E-state index is 0.0673. The molecule has 2 amide bonds. The average molecular weight is 381 g/mol. The number of hydrogen-bond donors (Lipinski definition) is 1. The fraction of sp³-hybridized carbons (Fsp3) is 0.526. The van der Waals surface area contributed by atoms with E-state index in [0.717, 1.165) is 5.56 Å². The van der Waals surface area contributed by atoms with E-state index in [4.69, 9.17) is 16.7 Å². The number of benzene rings is 1. The van der Waals surface area contributed by atoms with Gasteiger partial charge in [-0.1, -0.05) is 23.7 Å². The van der Waals surface area contributed by atoms with Gasteiger partial charge in [-0.3, -0.25) is 14.4 Å². The maximum atomic E-state index is 12.9. The number of piperidine rings is 1. The van der Waals surface area contributed by atoms with Crippen molar-refractivity contribution in [3.8, 4) is 0 Å². The minimum atomic E-state index is -0.879. The number of rotatable bonds is 5. The van der Waals surface area contributed by atoms with E-state index in [2.05, 4.69) is 0 Å². The van der Waals surface area contributed by atoms with E-state index >= 15 is 0 Å². The number of carboxylic acid groups (broad SMARTS) is 1. The molecule has 26 heavy (non-hydrogen) atoms. The van der Waals surface area contributed by atoms with Crippen LogP contribution in [0.3, 0.4) is 0 Å². The molecule has 1 aromatic rings. The monoisotopic (exact) mass is 380 g/mol. The van der Waals surface area contributed by atoms with Gasteiger partial charge >= 0.3 is 5.97 Å². The van der Waals surface area contributed by atoms with Crippen molar-refractivity contribution < 1.29 is 19.5 Å². The second kappa shape index (κ2) is 8.08. The van der Waals surface area contributed by atoms with E-state index in [1.807, 2.05) is 0 Å². The normalized spacial score (nSPS) is 17.7. The topological polar surface area (TPSA) is 77.9 Å². The molecule has 1 fully saturated rings. The molecule has 0 bridgehead atoms. The molecule has 2 rings (SSSR count). The van der Waals surface area contributed by atoms with E-state index in [1.165, 1.54) is 4.90 Å². The Morgan fingerprint density at radius 3 is 2.46 bits per heavy atom. The molecule has 1 aliphatic heterocycles. The van der Waals surface area contributed by atoms with Crippen LogP contribution < -0.4 is 0 Å². The van der Waals surface area contributed by atoms with Crippen LogP contribution in [0.5, 0.6) is 0 Å². The zero-order chi connectivity index (χ0) is 19.5. The Labute approximate surface area is 158 Å². The quantitative estimate of drug-likeness (QED) is 0.850. The number of likely N-dealkylation sites (N-methyl/N-ethyl adjacent to an activating group) is 1. The van der Waals surface area contributed by atoms with Gasteiger partial charge < -0.3 is 14.9 Å². The number of carbonyl (C=O) groups is 3. The molecule has 142 valence electrons. The first-order valence-electron chi connectivity index (χ1n) is 8.65. The number of carbonyl (C=O) groups excluding carboxylic acids is 2. The number of likely N-dealkylation sites (tertiary alicyclic amines) is 1. The SMILES string of the molecule is CN(CC(=O)N1CCCC(C(=O)O)C1)C(=O)C(C)(C)c1ccc(Cl)cc1. The van der Waals surface area contributed by atoms with Gasteiger partial charge in [0.1, 0.15) is 0 Å². The fourth-order valence-electron chi connectivity index (χ4n) is 3.25. The summed E-state index contributed by atoms with van der Waals surface area (Å²) in [6.45, 7) is 4.28. The molecule has 0 aromatic heterocycles. The second-order valence-corrected chi connectivity index (χ2v) is 7.75. The first-order valence-corrected chi connectivity index (χ1v) is 9.03. The Hall–Kier alpha value is -2.08. The van der Waals surface area contributed by atoms with Crippen molar-refractivity contribution in [2.45, 2.75) is 32.1 Å². The number of hydrogen-bond acceptors (Lipinski definition) is 3. The smallest absolute Gasteiger partial charge is 0.308 e. The summed E-state index contributed by atoms with van der Waals surface area (Å²) in [7, 11) is 1.59. The first kappa shape index (κ1) is 20.2. The molecule has 0 aliphatic carbocycles. The summed E-state index contributed by atoms with van der Waals surface area (Å²) in [5.74, 6) is -1.81. The lowest BCUT2D eigenvalue weighted by molar-refractivity contribution is -0.148. The van der Waals surface area contributed by atoms with Crippen molar-refractivity contribution >= 4 is 29.4 Å². The summed E-state index contributed by atoms with van der Waals surface area (Å²) in [5, 5.41) is 9.74. The van der Waals surface area contributed by atoms with Crippen molar-refractivity contribution in [1.29, 1.82) is 0 Å². The van der Waals surface area contributed by atoms with Crippen LogP contribution in [0, 0.1) is 5.92 Å². The number of nitrogens with zero attached hydrogens (tertiary/aromatic N) is 2. The number of amides is 2. The summed E-state index contributed by atoms with van der Waals surface area (Å²) < 4.78 is 0. The lowest BCUT2D eigenvalue weighted by atomic mass is 9.83. The van der Waals surface area contributed by atoms with Crippen molar-refractivity contribution in [2.24, 2.45) is 5.92 Å². The van der Waals surface area contributed by atoms with E-state index in [9.17, 15) is 14.4 Å². The Morgan fingerprint density at radius 2 is 1.88 bits per heavy atom. The molecule has 1 unspecified atom stereocenters. The fourth-order valence-corrected chi connectivity index (χ4v) is 3.37. The predicted molar refractivity (Wildman–Crippen MR) is 99.1 cm³/mol. The van der Waals surface area contributed by atoms with Crippen LogP contribution in [0.1, 0.15) is 32.3 Å². The van der Waals surface area contributed by atoms with Gasteiger partial charge in [-0.2, -0.15) is 0 Å². The van der Waals surface area contributed by atoms with Crippen LogP contribution in [0.25, 0.3) is 0 Å². The number of aliphatic carboxylic acids is 1. The van der Waals surface area contributed by atoms with Crippen LogP contribution >= 0.6 is 11.6 Å². The zero-order valence-electron chi connectivity index (χ0n) is 15.4. The summed E-state index contributed by atoms with van der Waals surface area (Å²) >= 11 is 5.91. The van der Waals surface area contributed by atoms with Gasteiger partial charge in [-0.25, -0.2) is 0 Å². The summed E-state index contributed by atoms with van der Waals surface area (Å²) in [6.07, 6.45) is 1.24.